The maximum atomic E-state index is 11.4. The van der Waals surface area contributed by atoms with Gasteiger partial charge in [-0.2, -0.15) is 0 Å². The van der Waals surface area contributed by atoms with Crippen LogP contribution in [0.15, 0.2) is 15.8 Å². The van der Waals surface area contributed by atoms with Crippen molar-refractivity contribution in [2.75, 3.05) is 0 Å². The van der Waals surface area contributed by atoms with Crippen LogP contribution in [0.2, 0.25) is 0 Å². The molecule has 0 aliphatic carbocycles. The van der Waals surface area contributed by atoms with E-state index in [1.165, 1.54) is 6.20 Å². The van der Waals surface area contributed by atoms with Gasteiger partial charge in [-0.3, -0.25) is 14.8 Å². The van der Waals surface area contributed by atoms with Gasteiger partial charge in [0, 0.05) is 0 Å². The first kappa shape index (κ1) is 8.97. The van der Waals surface area contributed by atoms with E-state index in [1.54, 1.807) is 0 Å². The molecule has 8 nitrogen and oxygen atoms in total. The molecule has 0 spiro atoms. The Hall–Kier alpha value is -2.29. The van der Waals surface area contributed by atoms with Crippen molar-refractivity contribution in [1.82, 2.24) is 29.5 Å². The lowest BCUT2D eigenvalue weighted by Crippen LogP contribution is -2.21. The molecule has 3 aromatic rings. The molecule has 0 bridgehead atoms. The maximum Gasteiger partial charge on any atom is 0.327 e. The number of imidazole rings is 1. The van der Waals surface area contributed by atoms with Crippen LogP contribution < -0.4 is 11.2 Å². The minimum Gasteiger partial charge on any atom is -0.331 e. The molecule has 80 valence electrons. The topological polar surface area (TPSA) is 120 Å². The van der Waals surface area contributed by atoms with Gasteiger partial charge in [0.1, 0.15) is 10.4 Å². The Balaban J connectivity index is 2.36. The number of aromatic amines is 3. The van der Waals surface area contributed by atoms with Gasteiger partial charge >= 0.3 is 5.69 Å². The zero-order chi connectivity index (χ0) is 11.1. The maximum absolute atomic E-state index is 11.4. The standard InChI is InChI=1S/C7H4N6O2S/c14-6-3-5(11-7(15)12-6)10-4(9-3)2-1-8-13-16-2/h1H,(H3,9,10,11,12,14,15). The molecule has 0 radical (unpaired) electrons. The number of nitrogens with zero attached hydrogens (tertiary/aromatic N) is 3. The van der Waals surface area contributed by atoms with Crippen LogP contribution in [0.5, 0.6) is 0 Å². The van der Waals surface area contributed by atoms with E-state index in [0.29, 0.717) is 10.7 Å². The third-order valence-electron chi connectivity index (χ3n) is 1.98. The quantitative estimate of drug-likeness (QED) is 0.524. The first-order valence-corrected chi connectivity index (χ1v) is 5.01. The Morgan fingerprint density at radius 1 is 1.19 bits per heavy atom. The molecule has 16 heavy (non-hydrogen) atoms. The van der Waals surface area contributed by atoms with E-state index in [2.05, 4.69) is 29.5 Å². The molecule has 3 rings (SSSR count). The smallest absolute Gasteiger partial charge is 0.327 e. The van der Waals surface area contributed by atoms with Crippen molar-refractivity contribution in [3.05, 3.63) is 27.0 Å². The Bertz CT molecular complexity index is 751. The molecule has 0 saturated carbocycles. The van der Waals surface area contributed by atoms with Crippen LogP contribution in [0.3, 0.4) is 0 Å². The molecular formula is C7H4N6O2S. The van der Waals surface area contributed by atoms with Crippen molar-refractivity contribution in [1.29, 1.82) is 0 Å². The van der Waals surface area contributed by atoms with Crippen molar-refractivity contribution >= 4 is 22.7 Å². The highest BCUT2D eigenvalue weighted by molar-refractivity contribution is 7.09. The van der Waals surface area contributed by atoms with Gasteiger partial charge in [0.15, 0.2) is 11.5 Å². The molecule has 0 fully saturated rings. The monoisotopic (exact) mass is 236 g/mol. The van der Waals surface area contributed by atoms with Gasteiger partial charge in [0.25, 0.3) is 5.56 Å². The number of H-pyrrole nitrogens is 3. The lowest BCUT2D eigenvalue weighted by molar-refractivity contribution is 1.07. The lowest BCUT2D eigenvalue weighted by Gasteiger charge is -1.83. The van der Waals surface area contributed by atoms with Gasteiger partial charge in [-0.25, -0.2) is 9.78 Å². The van der Waals surface area contributed by atoms with Crippen LogP contribution in [0.25, 0.3) is 21.9 Å². The van der Waals surface area contributed by atoms with E-state index in [0.717, 1.165) is 11.5 Å². The molecule has 3 aromatic heterocycles. The summed E-state index contributed by atoms with van der Waals surface area (Å²) in [5.41, 5.74) is -0.645. The Morgan fingerprint density at radius 2 is 2.06 bits per heavy atom. The molecule has 3 heterocycles. The summed E-state index contributed by atoms with van der Waals surface area (Å²) in [4.78, 5) is 34.5. The number of rotatable bonds is 1. The normalized spacial score (nSPS) is 11.0. The number of hydrogen-bond acceptors (Lipinski definition) is 6. The second kappa shape index (κ2) is 3.10. The van der Waals surface area contributed by atoms with E-state index in [-0.39, 0.29) is 11.2 Å². The Labute approximate surface area is 90.6 Å². The average Bonchev–Trinajstić information content (AvgIpc) is 2.82. The van der Waals surface area contributed by atoms with Gasteiger partial charge in [-0.15, -0.1) is 5.10 Å². The van der Waals surface area contributed by atoms with Crippen LogP contribution in [-0.2, 0) is 0 Å². The van der Waals surface area contributed by atoms with Crippen molar-refractivity contribution < 1.29 is 0 Å². The van der Waals surface area contributed by atoms with Gasteiger partial charge in [-0.05, 0) is 11.5 Å². The first-order valence-electron chi connectivity index (χ1n) is 4.24. The Morgan fingerprint density at radius 3 is 2.81 bits per heavy atom. The average molecular weight is 236 g/mol. The minimum absolute atomic E-state index is 0.220. The zero-order valence-corrected chi connectivity index (χ0v) is 8.46. The first-order chi connectivity index (χ1) is 7.74. The third kappa shape index (κ3) is 1.26. The van der Waals surface area contributed by atoms with E-state index in [9.17, 15) is 9.59 Å². The lowest BCUT2D eigenvalue weighted by atomic mass is 10.5. The largest absolute Gasteiger partial charge is 0.331 e. The highest BCUT2D eigenvalue weighted by Crippen LogP contribution is 2.18. The van der Waals surface area contributed by atoms with Crippen molar-refractivity contribution in [3.63, 3.8) is 0 Å². The van der Waals surface area contributed by atoms with Gasteiger partial charge in [-0.1, -0.05) is 4.49 Å². The van der Waals surface area contributed by atoms with Crippen LogP contribution >= 0.6 is 11.5 Å². The van der Waals surface area contributed by atoms with E-state index in [4.69, 9.17) is 0 Å². The van der Waals surface area contributed by atoms with Gasteiger partial charge in [0.05, 0.1) is 6.20 Å². The molecule has 0 saturated heterocycles. The minimum atomic E-state index is -0.585. The van der Waals surface area contributed by atoms with Crippen molar-refractivity contribution in [2.24, 2.45) is 0 Å². The SMILES string of the molecule is O=c1[nH]c(=O)c2[nH]c(-c3cnns3)nc2[nH]1. The fourth-order valence-corrected chi connectivity index (χ4v) is 1.78. The molecule has 0 aliphatic rings. The predicted molar refractivity (Wildman–Crippen MR) is 56.2 cm³/mol. The number of aromatic nitrogens is 6. The molecule has 9 heteroatoms. The molecule has 0 unspecified atom stereocenters. The summed E-state index contributed by atoms with van der Waals surface area (Å²) >= 11 is 1.14. The van der Waals surface area contributed by atoms with E-state index >= 15 is 0 Å². The highest BCUT2D eigenvalue weighted by Gasteiger charge is 2.10. The molecule has 0 atom stereocenters. The van der Waals surface area contributed by atoms with Crippen molar-refractivity contribution in [2.45, 2.75) is 0 Å². The van der Waals surface area contributed by atoms with Gasteiger partial charge < -0.3 is 4.98 Å². The highest BCUT2D eigenvalue weighted by atomic mass is 32.1. The summed E-state index contributed by atoms with van der Waals surface area (Å²) in [6.45, 7) is 0. The Kier molecular flexibility index (Phi) is 1.74. The van der Waals surface area contributed by atoms with Crippen LogP contribution in [0, 0.1) is 0 Å². The molecule has 0 amide bonds. The molecule has 0 aromatic carbocycles. The molecular weight excluding hydrogens is 232 g/mol. The van der Waals surface area contributed by atoms with Crippen LogP contribution in [0.4, 0.5) is 0 Å². The van der Waals surface area contributed by atoms with Crippen molar-refractivity contribution in [3.8, 4) is 10.7 Å². The third-order valence-corrected chi connectivity index (χ3v) is 2.66. The fraction of sp³-hybridized carbons (Fsp3) is 0. The second-order valence-corrected chi connectivity index (χ2v) is 3.78. The summed E-state index contributed by atoms with van der Waals surface area (Å²) in [6.07, 6.45) is 1.52. The summed E-state index contributed by atoms with van der Waals surface area (Å²) < 4.78 is 3.68. The van der Waals surface area contributed by atoms with Crippen LogP contribution in [0.1, 0.15) is 0 Å². The molecule has 3 N–H and O–H groups in total. The summed E-state index contributed by atoms with van der Waals surface area (Å²) in [7, 11) is 0. The number of fused-ring (bicyclic) bond motifs is 1. The number of hydrogen-bond donors (Lipinski definition) is 3. The van der Waals surface area contributed by atoms with Crippen LogP contribution in [-0.4, -0.2) is 29.5 Å². The number of nitrogens with one attached hydrogen (secondary N) is 3. The predicted octanol–water partition coefficient (Wildman–Crippen LogP) is -0.542. The zero-order valence-electron chi connectivity index (χ0n) is 7.64. The summed E-state index contributed by atoms with van der Waals surface area (Å²) in [6, 6.07) is 0. The second-order valence-electron chi connectivity index (χ2n) is 3.00. The summed E-state index contributed by atoms with van der Waals surface area (Å²) in [5, 5.41) is 3.66. The summed E-state index contributed by atoms with van der Waals surface area (Å²) in [5.74, 6) is 0.456. The van der Waals surface area contributed by atoms with E-state index in [1.807, 2.05) is 0 Å². The van der Waals surface area contributed by atoms with E-state index < -0.39 is 11.2 Å². The molecule has 0 aliphatic heterocycles. The van der Waals surface area contributed by atoms with Gasteiger partial charge in [0.2, 0.25) is 0 Å². The fourth-order valence-electron chi connectivity index (χ4n) is 1.32.